The molecule has 0 aliphatic heterocycles. The highest BCUT2D eigenvalue weighted by atomic mass is 16.5. The quantitative estimate of drug-likeness (QED) is 0.706. The summed E-state index contributed by atoms with van der Waals surface area (Å²) in [5.41, 5.74) is 3.58. The van der Waals surface area contributed by atoms with Gasteiger partial charge < -0.3 is 15.2 Å². The molecule has 0 saturated carbocycles. The molecule has 0 saturated heterocycles. The van der Waals surface area contributed by atoms with Gasteiger partial charge in [0.25, 0.3) is 0 Å². The number of aliphatic carboxylic acids is 1. The highest BCUT2D eigenvalue weighted by molar-refractivity contribution is 5.76. The molecule has 0 spiro atoms. The Labute approximate surface area is 118 Å². The summed E-state index contributed by atoms with van der Waals surface area (Å²) in [7, 11) is 0. The Morgan fingerprint density at radius 1 is 1.30 bits per heavy atom. The summed E-state index contributed by atoms with van der Waals surface area (Å²) >= 11 is 0. The Bertz CT molecular complexity index is 471. The second kappa shape index (κ2) is 8.32. The van der Waals surface area contributed by atoms with Crippen molar-refractivity contribution in [1.82, 2.24) is 5.32 Å². The number of benzene rings is 1. The van der Waals surface area contributed by atoms with Crippen LogP contribution in [0.15, 0.2) is 18.2 Å². The minimum atomic E-state index is -1.01. The lowest BCUT2D eigenvalue weighted by molar-refractivity contribution is -0.142. The molecule has 110 valence electrons. The van der Waals surface area contributed by atoms with Crippen molar-refractivity contribution in [3.63, 3.8) is 0 Å². The molecule has 0 atom stereocenters. The van der Waals surface area contributed by atoms with Crippen molar-refractivity contribution in [1.29, 1.82) is 0 Å². The number of amides is 1. The van der Waals surface area contributed by atoms with E-state index in [1.165, 1.54) is 16.7 Å². The molecule has 1 aromatic carbocycles. The van der Waals surface area contributed by atoms with Gasteiger partial charge in [-0.15, -0.1) is 0 Å². The van der Waals surface area contributed by atoms with Gasteiger partial charge in [0.15, 0.2) is 0 Å². The molecule has 0 heterocycles. The highest BCUT2D eigenvalue weighted by Crippen LogP contribution is 2.12. The van der Waals surface area contributed by atoms with Gasteiger partial charge in [0.1, 0.15) is 6.61 Å². The maximum absolute atomic E-state index is 11.6. The van der Waals surface area contributed by atoms with E-state index >= 15 is 0 Å². The van der Waals surface area contributed by atoms with Crippen LogP contribution in [-0.2, 0) is 20.7 Å². The monoisotopic (exact) mass is 279 g/mol. The van der Waals surface area contributed by atoms with E-state index in [-0.39, 0.29) is 19.1 Å². The van der Waals surface area contributed by atoms with Gasteiger partial charge in [-0.1, -0.05) is 23.8 Å². The van der Waals surface area contributed by atoms with Gasteiger partial charge in [-0.05, 0) is 31.4 Å². The van der Waals surface area contributed by atoms with Gasteiger partial charge in [0.2, 0.25) is 5.91 Å². The van der Waals surface area contributed by atoms with Crippen LogP contribution in [0.2, 0.25) is 0 Å². The SMILES string of the molecule is Cc1ccc(CCC(=O)NCCOCC(=O)O)c(C)c1. The maximum atomic E-state index is 11.6. The van der Waals surface area contributed by atoms with Crippen molar-refractivity contribution in [2.24, 2.45) is 0 Å². The molecule has 0 bridgehead atoms. The Morgan fingerprint density at radius 2 is 2.05 bits per heavy atom. The van der Waals surface area contributed by atoms with E-state index in [1.54, 1.807) is 0 Å². The molecular formula is C15H21NO4. The lowest BCUT2D eigenvalue weighted by Crippen LogP contribution is -2.28. The molecule has 5 nitrogen and oxygen atoms in total. The summed E-state index contributed by atoms with van der Waals surface area (Å²) < 4.78 is 4.83. The third kappa shape index (κ3) is 6.33. The molecule has 0 radical (unpaired) electrons. The molecule has 2 N–H and O–H groups in total. The van der Waals surface area contributed by atoms with Gasteiger partial charge in [-0.25, -0.2) is 4.79 Å². The fourth-order valence-corrected chi connectivity index (χ4v) is 1.88. The normalized spacial score (nSPS) is 10.3. The smallest absolute Gasteiger partial charge is 0.329 e. The molecule has 0 aliphatic carbocycles. The number of carbonyl (C=O) groups excluding carboxylic acids is 1. The van der Waals surface area contributed by atoms with Gasteiger partial charge in [-0.3, -0.25) is 4.79 Å². The minimum Gasteiger partial charge on any atom is -0.480 e. The molecule has 0 aliphatic rings. The zero-order valence-corrected chi connectivity index (χ0v) is 11.9. The summed E-state index contributed by atoms with van der Waals surface area (Å²) in [4.78, 5) is 21.8. The van der Waals surface area contributed by atoms with E-state index in [2.05, 4.69) is 11.4 Å². The first-order chi connectivity index (χ1) is 9.49. The summed E-state index contributed by atoms with van der Waals surface area (Å²) in [5, 5.41) is 11.1. The number of hydrogen-bond acceptors (Lipinski definition) is 3. The zero-order valence-electron chi connectivity index (χ0n) is 11.9. The molecular weight excluding hydrogens is 258 g/mol. The average molecular weight is 279 g/mol. The second-order valence-electron chi connectivity index (χ2n) is 4.73. The number of carbonyl (C=O) groups is 2. The molecule has 0 fully saturated rings. The Balaban J connectivity index is 2.21. The van der Waals surface area contributed by atoms with E-state index < -0.39 is 5.97 Å². The van der Waals surface area contributed by atoms with Crippen molar-refractivity contribution in [3.8, 4) is 0 Å². The molecule has 20 heavy (non-hydrogen) atoms. The van der Waals surface area contributed by atoms with Crippen LogP contribution in [0.25, 0.3) is 0 Å². The van der Waals surface area contributed by atoms with Crippen LogP contribution in [0, 0.1) is 13.8 Å². The maximum Gasteiger partial charge on any atom is 0.329 e. The summed E-state index contributed by atoms with van der Waals surface area (Å²) in [6, 6.07) is 6.20. The summed E-state index contributed by atoms with van der Waals surface area (Å²) in [5.74, 6) is -1.06. The van der Waals surface area contributed by atoms with Crippen LogP contribution in [-0.4, -0.2) is 36.7 Å². The average Bonchev–Trinajstić information content (AvgIpc) is 2.37. The van der Waals surface area contributed by atoms with Crippen LogP contribution in [0.4, 0.5) is 0 Å². The molecule has 1 aromatic rings. The summed E-state index contributed by atoms with van der Waals surface area (Å²) in [6.07, 6.45) is 1.12. The second-order valence-corrected chi connectivity index (χ2v) is 4.73. The lowest BCUT2D eigenvalue weighted by atomic mass is 10.0. The standard InChI is InChI=1S/C15H21NO4/c1-11-3-4-13(12(2)9-11)5-6-14(17)16-7-8-20-10-15(18)19/h3-4,9H,5-8,10H2,1-2H3,(H,16,17)(H,18,19). The first kappa shape index (κ1) is 16.2. The zero-order chi connectivity index (χ0) is 15.0. The Morgan fingerprint density at radius 3 is 2.70 bits per heavy atom. The predicted octanol–water partition coefficient (Wildman–Crippen LogP) is 1.45. The van der Waals surface area contributed by atoms with E-state index in [1.807, 2.05) is 26.0 Å². The van der Waals surface area contributed by atoms with Crippen molar-refractivity contribution in [2.45, 2.75) is 26.7 Å². The Kier molecular flexibility index (Phi) is 6.73. The first-order valence-electron chi connectivity index (χ1n) is 6.61. The molecule has 0 aromatic heterocycles. The van der Waals surface area contributed by atoms with E-state index in [0.717, 1.165) is 0 Å². The minimum absolute atomic E-state index is 0.0519. The Hall–Kier alpha value is -1.88. The highest BCUT2D eigenvalue weighted by Gasteiger charge is 2.04. The van der Waals surface area contributed by atoms with Gasteiger partial charge in [0, 0.05) is 13.0 Å². The van der Waals surface area contributed by atoms with Crippen molar-refractivity contribution in [2.75, 3.05) is 19.8 Å². The van der Waals surface area contributed by atoms with Crippen LogP contribution in [0.3, 0.4) is 0 Å². The topological polar surface area (TPSA) is 75.6 Å². The first-order valence-corrected chi connectivity index (χ1v) is 6.61. The number of carboxylic acid groups (broad SMARTS) is 1. The molecule has 0 unspecified atom stereocenters. The fraction of sp³-hybridized carbons (Fsp3) is 0.467. The number of aryl methyl sites for hydroxylation is 3. The molecule has 5 heteroatoms. The number of carboxylic acids is 1. The van der Waals surface area contributed by atoms with E-state index in [9.17, 15) is 9.59 Å². The predicted molar refractivity (Wildman–Crippen MR) is 75.7 cm³/mol. The largest absolute Gasteiger partial charge is 0.480 e. The van der Waals surface area contributed by atoms with Crippen LogP contribution in [0.5, 0.6) is 0 Å². The van der Waals surface area contributed by atoms with Crippen molar-refractivity contribution in [3.05, 3.63) is 34.9 Å². The molecule has 1 amide bonds. The van der Waals surface area contributed by atoms with Crippen LogP contribution in [0.1, 0.15) is 23.1 Å². The van der Waals surface area contributed by atoms with Crippen LogP contribution >= 0.6 is 0 Å². The number of rotatable bonds is 8. The third-order valence-corrected chi connectivity index (χ3v) is 2.91. The van der Waals surface area contributed by atoms with E-state index in [4.69, 9.17) is 9.84 Å². The fourth-order valence-electron chi connectivity index (χ4n) is 1.88. The van der Waals surface area contributed by atoms with Gasteiger partial charge >= 0.3 is 5.97 Å². The van der Waals surface area contributed by atoms with E-state index in [0.29, 0.717) is 19.4 Å². The van der Waals surface area contributed by atoms with Crippen molar-refractivity contribution >= 4 is 11.9 Å². The van der Waals surface area contributed by atoms with Gasteiger partial charge in [-0.2, -0.15) is 0 Å². The number of ether oxygens (including phenoxy) is 1. The van der Waals surface area contributed by atoms with Gasteiger partial charge in [0.05, 0.1) is 6.61 Å². The number of hydrogen-bond donors (Lipinski definition) is 2. The number of nitrogens with one attached hydrogen (secondary N) is 1. The van der Waals surface area contributed by atoms with Crippen molar-refractivity contribution < 1.29 is 19.4 Å². The lowest BCUT2D eigenvalue weighted by Gasteiger charge is -2.08. The van der Waals surface area contributed by atoms with Crippen LogP contribution < -0.4 is 5.32 Å². The molecule has 1 rings (SSSR count). The third-order valence-electron chi connectivity index (χ3n) is 2.91. The summed E-state index contributed by atoms with van der Waals surface area (Å²) in [6.45, 7) is 4.29.